The fourth-order valence-corrected chi connectivity index (χ4v) is 2.59. The standard InChI is InChI=1S/C16H12Cl2N2O3S/c17-10-3-6-12(13(18)8-10)15(23)20-16(24)19-11-4-1-9(2-5-11)7-14(21)22/h1-6,8H,7H2,(H,21,22)(H2,19,20,23,24). The van der Waals surface area contributed by atoms with Crippen molar-refractivity contribution in [1.29, 1.82) is 0 Å². The van der Waals surface area contributed by atoms with E-state index in [9.17, 15) is 9.59 Å². The molecule has 0 aromatic heterocycles. The summed E-state index contributed by atoms with van der Waals surface area (Å²) >= 11 is 16.8. The first-order chi connectivity index (χ1) is 11.3. The van der Waals surface area contributed by atoms with Crippen molar-refractivity contribution < 1.29 is 14.7 Å². The van der Waals surface area contributed by atoms with Crippen LogP contribution in [-0.2, 0) is 11.2 Å². The van der Waals surface area contributed by atoms with Gasteiger partial charge < -0.3 is 10.4 Å². The van der Waals surface area contributed by atoms with Gasteiger partial charge in [-0.25, -0.2) is 0 Å². The van der Waals surface area contributed by atoms with Crippen molar-refractivity contribution in [2.75, 3.05) is 5.32 Å². The van der Waals surface area contributed by atoms with E-state index < -0.39 is 11.9 Å². The predicted octanol–water partition coefficient (Wildman–Crippen LogP) is 3.75. The Morgan fingerprint density at radius 3 is 2.33 bits per heavy atom. The molecule has 3 N–H and O–H groups in total. The van der Waals surface area contributed by atoms with Gasteiger partial charge in [0.2, 0.25) is 0 Å². The number of benzene rings is 2. The van der Waals surface area contributed by atoms with E-state index in [1.165, 1.54) is 12.1 Å². The lowest BCUT2D eigenvalue weighted by atomic mass is 10.1. The Morgan fingerprint density at radius 2 is 1.75 bits per heavy atom. The molecule has 0 spiro atoms. The van der Waals surface area contributed by atoms with Gasteiger partial charge in [-0.15, -0.1) is 0 Å². The Kier molecular flexibility index (Phi) is 6.14. The number of thiocarbonyl (C=S) groups is 1. The number of amides is 1. The van der Waals surface area contributed by atoms with Gasteiger partial charge >= 0.3 is 5.97 Å². The SMILES string of the molecule is O=C(O)Cc1ccc(NC(=S)NC(=O)c2ccc(Cl)cc2Cl)cc1. The van der Waals surface area contributed by atoms with E-state index in [4.69, 9.17) is 40.5 Å². The molecule has 0 atom stereocenters. The molecule has 0 unspecified atom stereocenters. The molecule has 0 saturated carbocycles. The lowest BCUT2D eigenvalue weighted by molar-refractivity contribution is -0.136. The van der Waals surface area contributed by atoms with Gasteiger partial charge in [-0.1, -0.05) is 35.3 Å². The van der Waals surface area contributed by atoms with Crippen molar-refractivity contribution in [1.82, 2.24) is 5.32 Å². The molecule has 8 heteroatoms. The van der Waals surface area contributed by atoms with Gasteiger partial charge in [0.15, 0.2) is 5.11 Å². The number of carbonyl (C=O) groups excluding carboxylic acids is 1. The zero-order chi connectivity index (χ0) is 17.7. The molecule has 0 bridgehead atoms. The topological polar surface area (TPSA) is 78.4 Å². The molecule has 0 aliphatic carbocycles. The summed E-state index contributed by atoms with van der Waals surface area (Å²) in [5.74, 6) is -1.37. The molecule has 124 valence electrons. The Bertz CT molecular complexity index is 794. The van der Waals surface area contributed by atoms with E-state index in [0.717, 1.165) is 0 Å². The number of nitrogens with one attached hydrogen (secondary N) is 2. The summed E-state index contributed by atoms with van der Waals surface area (Å²) in [5, 5.41) is 14.8. The zero-order valence-electron chi connectivity index (χ0n) is 12.2. The first kappa shape index (κ1) is 18.2. The predicted molar refractivity (Wildman–Crippen MR) is 97.9 cm³/mol. The van der Waals surface area contributed by atoms with Crippen LogP contribution in [0, 0.1) is 0 Å². The van der Waals surface area contributed by atoms with Crippen LogP contribution < -0.4 is 10.6 Å². The largest absolute Gasteiger partial charge is 0.481 e. The monoisotopic (exact) mass is 382 g/mol. The quantitative estimate of drug-likeness (QED) is 0.701. The van der Waals surface area contributed by atoms with Crippen LogP contribution in [0.4, 0.5) is 5.69 Å². The van der Waals surface area contributed by atoms with Crippen LogP contribution in [0.5, 0.6) is 0 Å². The van der Waals surface area contributed by atoms with Crippen molar-refractivity contribution in [3.05, 3.63) is 63.6 Å². The number of halogens is 2. The molecule has 0 fully saturated rings. The summed E-state index contributed by atoms with van der Waals surface area (Å²) in [6, 6.07) is 11.2. The molecule has 1 amide bonds. The van der Waals surface area contributed by atoms with Crippen LogP contribution >= 0.6 is 35.4 Å². The lowest BCUT2D eigenvalue weighted by Crippen LogP contribution is -2.34. The minimum absolute atomic E-state index is 0.0590. The number of hydrogen-bond donors (Lipinski definition) is 3. The highest BCUT2D eigenvalue weighted by Gasteiger charge is 2.12. The third kappa shape index (κ3) is 5.19. The first-order valence-electron chi connectivity index (χ1n) is 6.73. The molecular formula is C16H12Cl2N2O3S. The van der Waals surface area contributed by atoms with Crippen molar-refractivity contribution in [2.45, 2.75) is 6.42 Å². The maximum atomic E-state index is 12.1. The van der Waals surface area contributed by atoms with Crippen molar-refractivity contribution >= 4 is 58.1 Å². The number of carboxylic acid groups (broad SMARTS) is 1. The second kappa shape index (κ2) is 8.10. The fourth-order valence-electron chi connectivity index (χ4n) is 1.89. The third-order valence-corrected chi connectivity index (χ3v) is 3.72. The average Bonchev–Trinajstić information content (AvgIpc) is 2.48. The number of rotatable bonds is 4. The summed E-state index contributed by atoms with van der Waals surface area (Å²) in [6.45, 7) is 0. The van der Waals surface area contributed by atoms with Crippen LogP contribution in [0.15, 0.2) is 42.5 Å². The Balaban J connectivity index is 1.97. The number of anilines is 1. The molecule has 5 nitrogen and oxygen atoms in total. The van der Waals surface area contributed by atoms with Gasteiger partial charge in [0.1, 0.15) is 0 Å². The number of carbonyl (C=O) groups is 2. The molecule has 0 heterocycles. The van der Waals surface area contributed by atoms with Crippen LogP contribution in [0.2, 0.25) is 10.0 Å². The molecule has 0 aliphatic rings. The molecule has 2 aromatic rings. The first-order valence-corrected chi connectivity index (χ1v) is 7.89. The van der Waals surface area contributed by atoms with Crippen molar-refractivity contribution in [2.24, 2.45) is 0 Å². The summed E-state index contributed by atoms with van der Waals surface area (Å²) in [4.78, 5) is 22.8. The maximum Gasteiger partial charge on any atom is 0.307 e. The molecule has 2 rings (SSSR count). The van der Waals surface area contributed by atoms with Crippen LogP contribution in [0.1, 0.15) is 15.9 Å². The van der Waals surface area contributed by atoms with Crippen molar-refractivity contribution in [3.8, 4) is 0 Å². The van der Waals surface area contributed by atoms with Gasteiger partial charge in [-0.3, -0.25) is 14.9 Å². The Morgan fingerprint density at radius 1 is 1.08 bits per heavy atom. The number of aliphatic carboxylic acids is 1. The van der Waals surface area contributed by atoms with Gasteiger partial charge in [0.05, 0.1) is 17.0 Å². The Hall–Kier alpha value is -2.15. The number of hydrogen-bond acceptors (Lipinski definition) is 3. The van der Waals surface area contributed by atoms with E-state index >= 15 is 0 Å². The van der Waals surface area contributed by atoms with E-state index in [2.05, 4.69) is 10.6 Å². The highest BCUT2D eigenvalue weighted by Crippen LogP contribution is 2.20. The summed E-state index contributed by atoms with van der Waals surface area (Å²) in [6.07, 6.45) is -0.0590. The van der Waals surface area contributed by atoms with Gasteiger partial charge in [0, 0.05) is 10.7 Å². The van der Waals surface area contributed by atoms with E-state index in [1.54, 1.807) is 30.3 Å². The minimum Gasteiger partial charge on any atom is -0.481 e. The second-order valence-corrected chi connectivity index (χ2v) is 6.05. The molecule has 24 heavy (non-hydrogen) atoms. The number of carboxylic acids is 1. The van der Waals surface area contributed by atoms with E-state index in [-0.39, 0.29) is 22.1 Å². The maximum absolute atomic E-state index is 12.1. The van der Waals surface area contributed by atoms with Gasteiger partial charge in [-0.2, -0.15) is 0 Å². The molecular weight excluding hydrogens is 371 g/mol. The van der Waals surface area contributed by atoms with E-state index in [0.29, 0.717) is 16.3 Å². The van der Waals surface area contributed by atoms with Gasteiger partial charge in [-0.05, 0) is 48.1 Å². The highest BCUT2D eigenvalue weighted by molar-refractivity contribution is 7.80. The van der Waals surface area contributed by atoms with Crippen LogP contribution in [0.3, 0.4) is 0 Å². The Labute approximate surface area is 153 Å². The molecule has 2 aromatic carbocycles. The van der Waals surface area contributed by atoms with E-state index in [1.807, 2.05) is 0 Å². The smallest absolute Gasteiger partial charge is 0.307 e. The molecule has 0 aliphatic heterocycles. The zero-order valence-corrected chi connectivity index (χ0v) is 14.5. The van der Waals surface area contributed by atoms with Gasteiger partial charge in [0.25, 0.3) is 5.91 Å². The lowest BCUT2D eigenvalue weighted by Gasteiger charge is -2.11. The third-order valence-electron chi connectivity index (χ3n) is 2.97. The fraction of sp³-hybridized carbons (Fsp3) is 0.0625. The molecule has 0 radical (unpaired) electrons. The minimum atomic E-state index is -0.904. The average molecular weight is 383 g/mol. The van der Waals surface area contributed by atoms with Crippen LogP contribution in [-0.4, -0.2) is 22.1 Å². The summed E-state index contributed by atoms with van der Waals surface area (Å²) in [5.41, 5.74) is 1.54. The summed E-state index contributed by atoms with van der Waals surface area (Å²) < 4.78 is 0. The summed E-state index contributed by atoms with van der Waals surface area (Å²) in [7, 11) is 0. The highest BCUT2D eigenvalue weighted by atomic mass is 35.5. The normalized spacial score (nSPS) is 10.1. The second-order valence-electron chi connectivity index (χ2n) is 4.80. The van der Waals surface area contributed by atoms with Crippen molar-refractivity contribution in [3.63, 3.8) is 0 Å². The van der Waals surface area contributed by atoms with Crippen LogP contribution in [0.25, 0.3) is 0 Å². The molecule has 0 saturated heterocycles.